The van der Waals surface area contributed by atoms with Gasteiger partial charge in [-0.05, 0) is 76.3 Å². The van der Waals surface area contributed by atoms with Crippen LogP contribution in [0.3, 0.4) is 0 Å². The molecular weight excluding hydrogens is 727 g/mol. The summed E-state index contributed by atoms with van der Waals surface area (Å²) in [7, 11) is 0. The topological polar surface area (TPSA) is 29.5 Å². The van der Waals surface area contributed by atoms with E-state index in [9.17, 15) is 0 Å². The highest BCUT2D eigenvalue weighted by Gasteiger charge is 2.20. The third-order valence-electron chi connectivity index (χ3n) is 11.5. The van der Waals surface area contributed by atoms with Crippen LogP contribution >= 0.6 is 11.3 Å². The zero-order valence-electron chi connectivity index (χ0n) is 31.2. The van der Waals surface area contributed by atoms with Crippen molar-refractivity contribution in [2.45, 2.75) is 0 Å². The molecule has 0 amide bonds. The lowest BCUT2D eigenvalue weighted by atomic mass is 9.98. The second kappa shape index (κ2) is 13.1. The molecule has 0 spiro atoms. The van der Waals surface area contributed by atoms with Gasteiger partial charge in [0.15, 0.2) is 5.58 Å². The van der Waals surface area contributed by atoms with E-state index in [-0.39, 0.29) is 0 Å². The van der Waals surface area contributed by atoms with Crippen LogP contribution in [-0.4, -0.2) is 0 Å². The lowest BCUT2D eigenvalue weighted by molar-refractivity contribution is 0.669. The van der Waals surface area contributed by atoms with Gasteiger partial charge in [-0.1, -0.05) is 152 Å². The highest BCUT2D eigenvalue weighted by molar-refractivity contribution is 7.26. The molecule has 9 aromatic carbocycles. The first-order valence-electron chi connectivity index (χ1n) is 19.6. The maximum absolute atomic E-state index is 6.61. The Labute approximate surface area is 338 Å². The number of anilines is 3. The van der Waals surface area contributed by atoms with Crippen LogP contribution < -0.4 is 4.90 Å². The average Bonchev–Trinajstić information content (AvgIpc) is 3.99. The largest absolute Gasteiger partial charge is 0.455 e. The fourth-order valence-corrected chi connectivity index (χ4v) is 9.96. The number of furan rings is 2. The molecule has 0 aliphatic heterocycles. The first-order valence-corrected chi connectivity index (χ1v) is 20.4. The second-order valence-corrected chi connectivity index (χ2v) is 15.9. The molecule has 0 bridgehead atoms. The van der Waals surface area contributed by atoms with Crippen LogP contribution in [0, 0.1) is 0 Å². The molecule has 0 saturated carbocycles. The Kier molecular flexibility index (Phi) is 7.40. The minimum absolute atomic E-state index is 0.855. The summed E-state index contributed by atoms with van der Waals surface area (Å²) in [5.41, 5.74) is 13.6. The van der Waals surface area contributed by atoms with E-state index in [4.69, 9.17) is 8.83 Å². The molecule has 272 valence electrons. The van der Waals surface area contributed by atoms with Gasteiger partial charge in [-0.3, -0.25) is 0 Å². The van der Waals surface area contributed by atoms with Crippen molar-refractivity contribution < 1.29 is 8.83 Å². The summed E-state index contributed by atoms with van der Waals surface area (Å²) < 4.78 is 15.7. The molecule has 0 N–H and O–H groups in total. The van der Waals surface area contributed by atoms with Gasteiger partial charge in [0.1, 0.15) is 16.7 Å². The van der Waals surface area contributed by atoms with Crippen LogP contribution in [0.5, 0.6) is 0 Å². The van der Waals surface area contributed by atoms with Gasteiger partial charge in [0.2, 0.25) is 0 Å². The van der Waals surface area contributed by atoms with E-state index in [1.165, 1.54) is 36.9 Å². The van der Waals surface area contributed by atoms with E-state index in [0.717, 1.165) is 77.6 Å². The molecule has 0 atom stereocenters. The highest BCUT2D eigenvalue weighted by Crippen LogP contribution is 2.44. The van der Waals surface area contributed by atoms with Crippen molar-refractivity contribution in [3.8, 4) is 33.4 Å². The van der Waals surface area contributed by atoms with Gasteiger partial charge >= 0.3 is 0 Å². The molecule has 0 aliphatic carbocycles. The van der Waals surface area contributed by atoms with E-state index in [1.807, 2.05) is 35.6 Å². The van der Waals surface area contributed by atoms with Gasteiger partial charge in [0.05, 0.1) is 5.69 Å². The van der Waals surface area contributed by atoms with Crippen LogP contribution in [0.2, 0.25) is 0 Å². The van der Waals surface area contributed by atoms with E-state index in [1.54, 1.807) is 0 Å². The quantitative estimate of drug-likeness (QED) is 0.169. The zero-order chi connectivity index (χ0) is 38.2. The molecule has 0 unspecified atom stereocenters. The van der Waals surface area contributed by atoms with Crippen molar-refractivity contribution in [2.24, 2.45) is 0 Å². The lowest BCUT2D eigenvalue weighted by Crippen LogP contribution is -2.10. The zero-order valence-corrected chi connectivity index (χ0v) is 32.0. The van der Waals surface area contributed by atoms with Crippen molar-refractivity contribution in [3.05, 3.63) is 200 Å². The second-order valence-electron chi connectivity index (χ2n) is 14.8. The smallest absolute Gasteiger partial charge is 0.159 e. The van der Waals surface area contributed by atoms with Crippen molar-refractivity contribution in [1.29, 1.82) is 0 Å². The number of thiophene rings is 1. The Bertz CT molecular complexity index is 3500. The molecule has 12 rings (SSSR count). The molecule has 58 heavy (non-hydrogen) atoms. The summed E-state index contributed by atoms with van der Waals surface area (Å²) in [5, 5.41) is 7.09. The fourth-order valence-electron chi connectivity index (χ4n) is 8.72. The summed E-state index contributed by atoms with van der Waals surface area (Å²) >= 11 is 1.87. The van der Waals surface area contributed by atoms with Crippen LogP contribution in [0.1, 0.15) is 0 Å². The highest BCUT2D eigenvalue weighted by atomic mass is 32.1. The molecule has 4 heteroatoms. The Hall–Kier alpha value is -7.40. The maximum Gasteiger partial charge on any atom is 0.159 e. The van der Waals surface area contributed by atoms with Gasteiger partial charge in [0, 0.05) is 58.7 Å². The SMILES string of the molecule is c1ccc2c(c1)oc1c(-c3ccc(N(c4ccc(-c5ccc(-c6cccc7c6sc6ccccc67)cc5)cc4)c4cccc5c4oc4ccccc45)cc3)cccc12. The normalized spacial score (nSPS) is 11.8. The Morgan fingerprint density at radius 3 is 1.48 bits per heavy atom. The van der Waals surface area contributed by atoms with E-state index in [0.29, 0.717) is 0 Å². The molecule has 0 saturated heterocycles. The van der Waals surface area contributed by atoms with Gasteiger partial charge in [-0.25, -0.2) is 0 Å². The minimum Gasteiger partial charge on any atom is -0.455 e. The number of para-hydroxylation sites is 4. The van der Waals surface area contributed by atoms with Crippen molar-refractivity contribution in [2.75, 3.05) is 4.90 Å². The molecule has 0 fully saturated rings. The summed E-state index contributed by atoms with van der Waals surface area (Å²) in [4.78, 5) is 2.30. The molecular formula is C54H33NO2S. The van der Waals surface area contributed by atoms with E-state index in [2.05, 4.69) is 181 Å². The molecule has 0 radical (unpaired) electrons. The van der Waals surface area contributed by atoms with Gasteiger partial charge in [0.25, 0.3) is 0 Å². The summed E-state index contributed by atoms with van der Waals surface area (Å²) in [6.45, 7) is 0. The number of hydrogen-bond acceptors (Lipinski definition) is 4. The third-order valence-corrected chi connectivity index (χ3v) is 12.7. The maximum atomic E-state index is 6.61. The van der Waals surface area contributed by atoms with Crippen LogP contribution in [0.15, 0.2) is 209 Å². The van der Waals surface area contributed by atoms with Crippen LogP contribution in [0.25, 0.3) is 97.4 Å². The standard InChI is InChI=1S/C54H33NO2S/c1-4-19-49-42(10-1)45-15-7-13-40(52(45)56-49)36-28-32-39(33-29-36)55(48-18-9-16-46-43-11-2-5-20-50(43)57-53(46)48)38-30-26-35(27-31-38)34-22-24-37(25-23-34)41-14-8-17-47-44-12-3-6-21-51(44)58-54(41)47/h1-33H. The number of hydrogen-bond donors (Lipinski definition) is 0. The van der Waals surface area contributed by atoms with Crippen LogP contribution in [-0.2, 0) is 0 Å². The number of nitrogens with zero attached hydrogens (tertiary/aromatic N) is 1. The monoisotopic (exact) mass is 759 g/mol. The van der Waals surface area contributed by atoms with E-state index < -0.39 is 0 Å². The molecule has 0 aliphatic rings. The van der Waals surface area contributed by atoms with Gasteiger partial charge in [-0.2, -0.15) is 0 Å². The van der Waals surface area contributed by atoms with Gasteiger partial charge < -0.3 is 13.7 Å². The predicted octanol–water partition coefficient (Wildman–Crippen LogP) is 16.3. The third kappa shape index (κ3) is 5.19. The average molecular weight is 760 g/mol. The lowest BCUT2D eigenvalue weighted by Gasteiger charge is -2.26. The Morgan fingerprint density at radius 2 is 0.793 bits per heavy atom. The van der Waals surface area contributed by atoms with Crippen molar-refractivity contribution in [3.63, 3.8) is 0 Å². The number of benzene rings is 9. The van der Waals surface area contributed by atoms with E-state index >= 15 is 0 Å². The first-order chi connectivity index (χ1) is 28.7. The fraction of sp³-hybridized carbons (Fsp3) is 0. The molecule has 3 nitrogen and oxygen atoms in total. The predicted molar refractivity (Wildman–Crippen MR) is 245 cm³/mol. The Morgan fingerprint density at radius 1 is 0.328 bits per heavy atom. The summed E-state index contributed by atoms with van der Waals surface area (Å²) in [6, 6.07) is 71.3. The summed E-state index contributed by atoms with van der Waals surface area (Å²) in [5.74, 6) is 0. The van der Waals surface area contributed by atoms with Gasteiger partial charge in [-0.15, -0.1) is 11.3 Å². The number of rotatable bonds is 6. The minimum atomic E-state index is 0.855. The van der Waals surface area contributed by atoms with Crippen molar-refractivity contribution in [1.82, 2.24) is 0 Å². The molecule has 12 aromatic rings. The van der Waals surface area contributed by atoms with Crippen molar-refractivity contribution >= 4 is 92.4 Å². The van der Waals surface area contributed by atoms with Crippen LogP contribution in [0.4, 0.5) is 17.1 Å². The Balaban J connectivity index is 0.932. The summed E-state index contributed by atoms with van der Waals surface area (Å²) in [6.07, 6.45) is 0. The first kappa shape index (κ1) is 32.8. The molecule has 3 heterocycles. The number of fused-ring (bicyclic) bond motifs is 9. The molecule has 3 aromatic heterocycles.